The summed E-state index contributed by atoms with van der Waals surface area (Å²) in [6.45, 7) is 1.21. The van der Waals surface area contributed by atoms with Gasteiger partial charge in [-0.1, -0.05) is 24.3 Å². The number of amides is 1. The number of carbonyl (C=O) groups excluding carboxylic acids is 1. The van der Waals surface area contributed by atoms with Crippen LogP contribution in [0.25, 0.3) is 0 Å². The number of nitrogens with zero attached hydrogens (tertiary/aromatic N) is 2. The molecule has 1 aromatic carbocycles. The fourth-order valence-corrected chi connectivity index (χ4v) is 2.71. The number of aliphatic imine (C=N–C) groups is 1. The Hall–Kier alpha value is -1.68. The summed E-state index contributed by atoms with van der Waals surface area (Å²) in [5, 5.41) is 8.37. The quantitative estimate of drug-likeness (QED) is 0.357. The molecule has 5 nitrogen and oxygen atoms in total. The van der Waals surface area contributed by atoms with Crippen molar-refractivity contribution in [1.82, 2.24) is 15.5 Å². The van der Waals surface area contributed by atoms with Gasteiger partial charge in [0.2, 0.25) is 5.91 Å². The van der Waals surface area contributed by atoms with Crippen molar-refractivity contribution in [2.45, 2.75) is 13.0 Å². The van der Waals surface area contributed by atoms with Crippen molar-refractivity contribution >= 4 is 47.2 Å². The maximum atomic E-state index is 13.7. The zero-order chi connectivity index (χ0) is 18.1. The monoisotopic (exact) mass is 490 g/mol. The van der Waals surface area contributed by atoms with Crippen LogP contribution in [0.3, 0.4) is 0 Å². The van der Waals surface area contributed by atoms with Gasteiger partial charge in [0.15, 0.2) is 5.96 Å². The van der Waals surface area contributed by atoms with Crippen LogP contribution in [0.15, 0.2) is 46.8 Å². The van der Waals surface area contributed by atoms with Gasteiger partial charge in [-0.3, -0.25) is 4.79 Å². The Labute approximate surface area is 174 Å². The van der Waals surface area contributed by atoms with E-state index in [9.17, 15) is 9.18 Å². The molecule has 8 heteroatoms. The molecule has 26 heavy (non-hydrogen) atoms. The fraction of sp³-hybridized carbons (Fsp3) is 0.333. The molecule has 1 heterocycles. The van der Waals surface area contributed by atoms with Crippen molar-refractivity contribution in [2.75, 3.05) is 27.2 Å². The maximum absolute atomic E-state index is 13.7. The molecule has 0 saturated heterocycles. The minimum absolute atomic E-state index is 0. The highest BCUT2D eigenvalue weighted by molar-refractivity contribution is 14.0. The van der Waals surface area contributed by atoms with Crippen LogP contribution in [0, 0.1) is 5.82 Å². The standard InChI is InChI=1S/C18H23FN4OS.HI/c1-23(2)17(24)13-22-18(21-12-15-7-5-11-25-15)20-10-9-14-6-3-4-8-16(14)19;/h3-8,11H,9-10,12-13H2,1-2H3,(H2,20,21,22);1H. The molecule has 0 fully saturated rings. The second-order valence-corrected chi connectivity index (χ2v) is 6.69. The third-order valence-electron chi connectivity index (χ3n) is 3.53. The number of guanidine groups is 1. The molecule has 0 aliphatic heterocycles. The summed E-state index contributed by atoms with van der Waals surface area (Å²) in [6, 6.07) is 10.7. The molecule has 0 saturated carbocycles. The molecule has 0 atom stereocenters. The van der Waals surface area contributed by atoms with E-state index >= 15 is 0 Å². The number of halogens is 2. The lowest BCUT2D eigenvalue weighted by molar-refractivity contribution is -0.127. The number of likely N-dealkylation sites (N-methyl/N-ethyl adjacent to an activating group) is 1. The van der Waals surface area contributed by atoms with E-state index in [1.807, 2.05) is 23.6 Å². The Morgan fingerprint density at radius 1 is 1.19 bits per heavy atom. The van der Waals surface area contributed by atoms with Crippen LogP contribution >= 0.6 is 35.3 Å². The summed E-state index contributed by atoms with van der Waals surface area (Å²) < 4.78 is 13.7. The molecule has 0 unspecified atom stereocenters. The third-order valence-corrected chi connectivity index (χ3v) is 4.40. The number of benzene rings is 1. The van der Waals surface area contributed by atoms with E-state index in [-0.39, 0.29) is 42.2 Å². The molecule has 1 amide bonds. The van der Waals surface area contributed by atoms with Gasteiger partial charge in [0.1, 0.15) is 12.4 Å². The van der Waals surface area contributed by atoms with Crippen LogP contribution in [-0.2, 0) is 17.8 Å². The van der Waals surface area contributed by atoms with Crippen LogP contribution in [0.2, 0.25) is 0 Å². The van der Waals surface area contributed by atoms with Crippen LogP contribution in [0.4, 0.5) is 4.39 Å². The molecular formula is C18H24FIN4OS. The van der Waals surface area contributed by atoms with Crippen LogP contribution < -0.4 is 10.6 Å². The van der Waals surface area contributed by atoms with E-state index in [0.717, 1.165) is 0 Å². The van der Waals surface area contributed by atoms with Gasteiger partial charge < -0.3 is 15.5 Å². The molecule has 1 aromatic heterocycles. The molecule has 0 aliphatic carbocycles. The first-order valence-corrected chi connectivity index (χ1v) is 8.92. The average molecular weight is 490 g/mol. The molecular weight excluding hydrogens is 466 g/mol. The lowest BCUT2D eigenvalue weighted by Gasteiger charge is -2.13. The predicted molar refractivity (Wildman–Crippen MR) is 116 cm³/mol. The molecule has 0 aliphatic rings. The molecule has 0 radical (unpaired) electrons. The second-order valence-electron chi connectivity index (χ2n) is 5.65. The number of thiophene rings is 1. The van der Waals surface area contributed by atoms with Crippen molar-refractivity contribution in [3.63, 3.8) is 0 Å². The van der Waals surface area contributed by atoms with Crippen LogP contribution in [0.5, 0.6) is 0 Å². The van der Waals surface area contributed by atoms with Crippen LogP contribution in [-0.4, -0.2) is 44.0 Å². The molecule has 2 rings (SSSR count). The van der Waals surface area contributed by atoms with Crippen molar-refractivity contribution < 1.29 is 9.18 Å². The van der Waals surface area contributed by atoms with E-state index < -0.39 is 0 Å². The normalized spacial score (nSPS) is 10.8. The van der Waals surface area contributed by atoms with Gasteiger partial charge in [0, 0.05) is 25.5 Å². The van der Waals surface area contributed by atoms with Gasteiger partial charge in [-0.25, -0.2) is 9.38 Å². The fourth-order valence-electron chi connectivity index (χ4n) is 2.06. The molecule has 142 valence electrons. The van der Waals surface area contributed by atoms with Gasteiger partial charge in [0.25, 0.3) is 0 Å². The Kier molecular flexibility index (Phi) is 10.2. The highest BCUT2D eigenvalue weighted by Gasteiger charge is 2.06. The van der Waals surface area contributed by atoms with E-state index in [2.05, 4.69) is 15.6 Å². The van der Waals surface area contributed by atoms with Gasteiger partial charge in [-0.15, -0.1) is 35.3 Å². The average Bonchev–Trinajstić information content (AvgIpc) is 3.11. The highest BCUT2D eigenvalue weighted by atomic mass is 127. The van der Waals surface area contributed by atoms with Crippen molar-refractivity contribution in [1.29, 1.82) is 0 Å². The number of hydrogen-bond donors (Lipinski definition) is 2. The van der Waals surface area contributed by atoms with Gasteiger partial charge >= 0.3 is 0 Å². The smallest absolute Gasteiger partial charge is 0.243 e. The van der Waals surface area contributed by atoms with E-state index in [1.54, 1.807) is 37.6 Å². The Morgan fingerprint density at radius 2 is 1.96 bits per heavy atom. The van der Waals surface area contributed by atoms with Crippen LogP contribution in [0.1, 0.15) is 10.4 Å². The van der Waals surface area contributed by atoms with Gasteiger partial charge in [0.05, 0.1) is 6.54 Å². The van der Waals surface area contributed by atoms with Gasteiger partial charge in [-0.2, -0.15) is 0 Å². The lowest BCUT2D eigenvalue weighted by atomic mass is 10.1. The highest BCUT2D eigenvalue weighted by Crippen LogP contribution is 2.08. The number of nitrogens with one attached hydrogen (secondary N) is 2. The Morgan fingerprint density at radius 3 is 2.62 bits per heavy atom. The summed E-state index contributed by atoms with van der Waals surface area (Å²) in [5.74, 6) is 0.253. The third kappa shape index (κ3) is 7.69. The predicted octanol–water partition coefficient (Wildman–Crippen LogP) is 2.87. The topological polar surface area (TPSA) is 56.7 Å². The molecule has 0 spiro atoms. The number of rotatable bonds is 7. The SMILES string of the molecule is CN(C)C(=O)CN=C(NCCc1ccccc1F)NCc1cccs1.I. The zero-order valence-electron chi connectivity index (χ0n) is 14.9. The van der Waals surface area contributed by atoms with Gasteiger partial charge in [-0.05, 0) is 29.5 Å². The zero-order valence-corrected chi connectivity index (χ0v) is 18.0. The van der Waals surface area contributed by atoms with E-state index in [0.29, 0.717) is 31.0 Å². The summed E-state index contributed by atoms with van der Waals surface area (Å²) in [6.07, 6.45) is 0.536. The van der Waals surface area contributed by atoms with Crippen molar-refractivity contribution in [3.05, 3.63) is 58.0 Å². The largest absolute Gasteiger partial charge is 0.356 e. The number of hydrogen-bond acceptors (Lipinski definition) is 3. The van der Waals surface area contributed by atoms with E-state index in [4.69, 9.17) is 0 Å². The number of carbonyl (C=O) groups is 1. The first kappa shape index (κ1) is 22.4. The first-order valence-electron chi connectivity index (χ1n) is 8.04. The van der Waals surface area contributed by atoms with E-state index in [1.165, 1.54) is 15.8 Å². The first-order chi connectivity index (χ1) is 12.1. The summed E-state index contributed by atoms with van der Waals surface area (Å²) >= 11 is 1.65. The minimum Gasteiger partial charge on any atom is -0.356 e. The summed E-state index contributed by atoms with van der Waals surface area (Å²) in [4.78, 5) is 18.7. The van der Waals surface area contributed by atoms with Crippen molar-refractivity contribution in [2.24, 2.45) is 4.99 Å². The molecule has 0 bridgehead atoms. The lowest BCUT2D eigenvalue weighted by Crippen LogP contribution is -2.39. The Bertz CT molecular complexity index is 707. The maximum Gasteiger partial charge on any atom is 0.243 e. The molecule has 2 aromatic rings. The molecule has 2 N–H and O–H groups in total. The van der Waals surface area contributed by atoms with Crippen molar-refractivity contribution in [3.8, 4) is 0 Å². The Balaban J connectivity index is 0.00000338. The summed E-state index contributed by atoms with van der Waals surface area (Å²) in [5.41, 5.74) is 0.650. The minimum atomic E-state index is -0.211. The summed E-state index contributed by atoms with van der Waals surface area (Å²) in [7, 11) is 3.39. The second kappa shape index (κ2) is 11.8.